The fourth-order valence-electron chi connectivity index (χ4n) is 3.50. The number of hydrogen-bond acceptors (Lipinski definition) is 4. The molecule has 140 valence electrons. The Bertz CT molecular complexity index is 1290. The number of rotatable bonds is 4. The van der Waals surface area contributed by atoms with Crippen LogP contribution in [-0.2, 0) is 13.6 Å². The van der Waals surface area contributed by atoms with E-state index >= 15 is 0 Å². The highest BCUT2D eigenvalue weighted by molar-refractivity contribution is 5.76. The predicted molar refractivity (Wildman–Crippen MR) is 103 cm³/mol. The SMILES string of the molecule is CCCn1c(=O)c2c(nc3n(-c4cccc(OC)c4)c(C)cn23)n(C)c1=O. The van der Waals surface area contributed by atoms with Crippen molar-refractivity contribution in [3.05, 3.63) is 57.0 Å². The fourth-order valence-corrected chi connectivity index (χ4v) is 3.50. The molecule has 0 aliphatic heterocycles. The van der Waals surface area contributed by atoms with Crippen LogP contribution in [0.2, 0.25) is 0 Å². The maximum absolute atomic E-state index is 13.0. The molecule has 3 aromatic heterocycles. The smallest absolute Gasteiger partial charge is 0.332 e. The Kier molecular flexibility index (Phi) is 3.91. The van der Waals surface area contributed by atoms with Gasteiger partial charge < -0.3 is 4.74 Å². The third-order valence-electron chi connectivity index (χ3n) is 4.78. The molecule has 8 heteroatoms. The molecule has 0 N–H and O–H groups in total. The summed E-state index contributed by atoms with van der Waals surface area (Å²) in [6.07, 6.45) is 2.57. The molecule has 0 bridgehead atoms. The van der Waals surface area contributed by atoms with Gasteiger partial charge in [-0.05, 0) is 25.5 Å². The second-order valence-corrected chi connectivity index (χ2v) is 6.56. The number of aromatic nitrogens is 5. The van der Waals surface area contributed by atoms with Gasteiger partial charge in [-0.1, -0.05) is 13.0 Å². The van der Waals surface area contributed by atoms with Crippen LogP contribution >= 0.6 is 0 Å². The van der Waals surface area contributed by atoms with E-state index in [0.717, 1.165) is 17.1 Å². The van der Waals surface area contributed by atoms with Crippen LogP contribution < -0.4 is 16.0 Å². The van der Waals surface area contributed by atoms with Gasteiger partial charge in [-0.25, -0.2) is 4.79 Å². The summed E-state index contributed by atoms with van der Waals surface area (Å²) < 4.78 is 11.7. The lowest BCUT2D eigenvalue weighted by atomic mass is 10.3. The molecule has 0 amide bonds. The highest BCUT2D eigenvalue weighted by atomic mass is 16.5. The number of benzene rings is 1. The van der Waals surface area contributed by atoms with E-state index in [-0.39, 0.29) is 11.2 Å². The van der Waals surface area contributed by atoms with Gasteiger partial charge in [0.15, 0.2) is 11.2 Å². The summed E-state index contributed by atoms with van der Waals surface area (Å²) in [4.78, 5) is 30.2. The number of ether oxygens (including phenoxy) is 1. The van der Waals surface area contributed by atoms with E-state index in [4.69, 9.17) is 4.74 Å². The number of fused-ring (bicyclic) bond motifs is 3. The van der Waals surface area contributed by atoms with Crippen molar-refractivity contribution in [2.75, 3.05) is 7.11 Å². The molecular formula is C19H21N5O3. The van der Waals surface area contributed by atoms with Crippen LogP contribution in [0.1, 0.15) is 19.0 Å². The molecular weight excluding hydrogens is 346 g/mol. The summed E-state index contributed by atoms with van der Waals surface area (Å²) in [6, 6.07) is 7.62. The number of imidazole rings is 2. The van der Waals surface area contributed by atoms with Crippen molar-refractivity contribution in [3.8, 4) is 11.4 Å². The van der Waals surface area contributed by atoms with Crippen LogP contribution in [0.4, 0.5) is 0 Å². The van der Waals surface area contributed by atoms with Gasteiger partial charge >= 0.3 is 5.69 Å². The molecule has 3 heterocycles. The number of aryl methyl sites for hydroxylation is 2. The first-order chi connectivity index (χ1) is 13.0. The van der Waals surface area contributed by atoms with Crippen LogP contribution in [0.3, 0.4) is 0 Å². The average molecular weight is 367 g/mol. The summed E-state index contributed by atoms with van der Waals surface area (Å²) in [5.74, 6) is 1.31. The van der Waals surface area contributed by atoms with E-state index in [1.165, 1.54) is 9.13 Å². The van der Waals surface area contributed by atoms with Crippen molar-refractivity contribution in [1.29, 1.82) is 0 Å². The third kappa shape index (κ3) is 2.40. The third-order valence-corrected chi connectivity index (χ3v) is 4.78. The van der Waals surface area contributed by atoms with Crippen LogP contribution in [-0.4, -0.2) is 30.2 Å². The molecule has 0 unspecified atom stereocenters. The lowest BCUT2D eigenvalue weighted by Crippen LogP contribution is -2.39. The number of nitrogens with zero attached hydrogens (tertiary/aromatic N) is 5. The lowest BCUT2D eigenvalue weighted by Gasteiger charge is -2.07. The quantitative estimate of drug-likeness (QED) is 0.552. The van der Waals surface area contributed by atoms with E-state index in [1.807, 2.05) is 48.9 Å². The molecule has 4 rings (SSSR count). The minimum atomic E-state index is -0.347. The highest BCUT2D eigenvalue weighted by Crippen LogP contribution is 2.23. The van der Waals surface area contributed by atoms with Gasteiger partial charge in [-0.2, -0.15) is 4.98 Å². The highest BCUT2D eigenvalue weighted by Gasteiger charge is 2.20. The summed E-state index contributed by atoms with van der Waals surface area (Å²) in [5, 5.41) is 0. The van der Waals surface area contributed by atoms with Crippen LogP contribution in [0, 0.1) is 6.92 Å². The monoisotopic (exact) mass is 367 g/mol. The van der Waals surface area contributed by atoms with E-state index < -0.39 is 0 Å². The first-order valence-corrected chi connectivity index (χ1v) is 8.82. The zero-order valence-electron chi connectivity index (χ0n) is 15.8. The Labute approximate surface area is 154 Å². The Morgan fingerprint density at radius 3 is 2.70 bits per heavy atom. The van der Waals surface area contributed by atoms with E-state index in [9.17, 15) is 9.59 Å². The molecule has 0 spiro atoms. The van der Waals surface area contributed by atoms with Crippen LogP contribution in [0.15, 0.2) is 40.1 Å². The first-order valence-electron chi connectivity index (χ1n) is 8.82. The molecule has 0 atom stereocenters. The summed E-state index contributed by atoms with van der Waals surface area (Å²) in [5.41, 5.74) is 1.92. The summed E-state index contributed by atoms with van der Waals surface area (Å²) in [7, 11) is 3.26. The predicted octanol–water partition coefficient (Wildman–Crippen LogP) is 1.87. The number of hydrogen-bond donors (Lipinski definition) is 0. The Morgan fingerprint density at radius 1 is 1.22 bits per heavy atom. The minimum absolute atomic E-state index is 0.315. The maximum atomic E-state index is 13.0. The van der Waals surface area contributed by atoms with Crippen molar-refractivity contribution in [1.82, 2.24) is 23.1 Å². The molecule has 1 aromatic carbocycles. The van der Waals surface area contributed by atoms with Crippen molar-refractivity contribution < 1.29 is 4.74 Å². The van der Waals surface area contributed by atoms with Crippen molar-refractivity contribution in [2.24, 2.45) is 7.05 Å². The summed E-state index contributed by atoms with van der Waals surface area (Å²) in [6.45, 7) is 4.27. The minimum Gasteiger partial charge on any atom is -0.497 e. The molecule has 4 aromatic rings. The normalized spacial score (nSPS) is 11.6. The van der Waals surface area contributed by atoms with Crippen molar-refractivity contribution in [2.45, 2.75) is 26.8 Å². The second kappa shape index (κ2) is 6.15. The molecule has 0 aliphatic carbocycles. The van der Waals surface area contributed by atoms with Gasteiger partial charge in [0.25, 0.3) is 5.56 Å². The molecule has 0 aliphatic rings. The molecule has 27 heavy (non-hydrogen) atoms. The van der Waals surface area contributed by atoms with Gasteiger partial charge in [0.05, 0.1) is 12.8 Å². The van der Waals surface area contributed by atoms with Gasteiger partial charge in [0.2, 0.25) is 5.78 Å². The number of methoxy groups -OCH3 is 1. The molecule has 0 fully saturated rings. The summed E-state index contributed by atoms with van der Waals surface area (Å²) >= 11 is 0. The topological polar surface area (TPSA) is 75.5 Å². The van der Waals surface area contributed by atoms with Crippen molar-refractivity contribution >= 4 is 16.9 Å². The largest absolute Gasteiger partial charge is 0.497 e. The Hall–Kier alpha value is -3.29. The zero-order chi connectivity index (χ0) is 19.3. The van der Waals surface area contributed by atoms with Crippen LogP contribution in [0.5, 0.6) is 5.75 Å². The van der Waals surface area contributed by atoms with Crippen LogP contribution in [0.25, 0.3) is 22.6 Å². The van der Waals surface area contributed by atoms with Gasteiger partial charge in [0.1, 0.15) is 5.75 Å². The standard InChI is InChI=1S/C19H21N5O3/c1-5-9-22-17(25)15-16(21(3)19(22)26)20-18-23(15)11-12(2)24(18)13-7-6-8-14(10-13)27-4/h6-8,10-11H,5,9H2,1-4H3. The van der Waals surface area contributed by atoms with E-state index in [0.29, 0.717) is 29.9 Å². The Morgan fingerprint density at radius 2 is 2.00 bits per heavy atom. The van der Waals surface area contributed by atoms with Gasteiger partial charge in [-0.3, -0.25) is 22.9 Å². The van der Waals surface area contributed by atoms with Gasteiger partial charge in [0, 0.05) is 31.5 Å². The first kappa shape index (κ1) is 17.1. The fraction of sp³-hybridized carbons (Fsp3) is 0.316. The van der Waals surface area contributed by atoms with Gasteiger partial charge in [-0.15, -0.1) is 0 Å². The lowest BCUT2D eigenvalue weighted by molar-refractivity contribution is 0.414. The van der Waals surface area contributed by atoms with Crippen molar-refractivity contribution in [3.63, 3.8) is 0 Å². The Balaban J connectivity index is 2.11. The van der Waals surface area contributed by atoms with E-state index in [1.54, 1.807) is 18.6 Å². The molecule has 8 nitrogen and oxygen atoms in total. The average Bonchev–Trinajstić information content (AvgIpc) is 3.18. The second-order valence-electron chi connectivity index (χ2n) is 6.56. The molecule has 0 saturated heterocycles. The maximum Gasteiger partial charge on any atom is 0.332 e. The van der Waals surface area contributed by atoms with E-state index in [2.05, 4.69) is 4.98 Å². The molecule has 0 radical (unpaired) electrons. The zero-order valence-corrected chi connectivity index (χ0v) is 15.8. The molecule has 0 saturated carbocycles.